The topological polar surface area (TPSA) is 92.4 Å². The van der Waals surface area contributed by atoms with Gasteiger partial charge in [0.2, 0.25) is 5.91 Å². The molecule has 0 aliphatic rings. The van der Waals surface area contributed by atoms with E-state index in [1.165, 1.54) is 0 Å². The van der Waals surface area contributed by atoms with Gasteiger partial charge in [0.1, 0.15) is 11.8 Å². The minimum absolute atomic E-state index is 0.0353. The lowest BCUT2D eigenvalue weighted by Crippen LogP contribution is -2.40. The van der Waals surface area contributed by atoms with Gasteiger partial charge >= 0.3 is 5.97 Å². The zero-order valence-electron chi connectivity index (χ0n) is 10.9. The number of hydrogen-bond acceptors (Lipinski definition) is 4. The summed E-state index contributed by atoms with van der Waals surface area (Å²) in [4.78, 5) is 22.5. The van der Waals surface area contributed by atoms with Crippen molar-refractivity contribution in [3.05, 3.63) is 17.0 Å². The first-order valence-corrected chi connectivity index (χ1v) is 5.83. The minimum Gasteiger partial charge on any atom is -0.480 e. The summed E-state index contributed by atoms with van der Waals surface area (Å²) in [6.07, 6.45) is 5.63. The number of carboxylic acid groups (broad SMARTS) is 1. The van der Waals surface area contributed by atoms with Gasteiger partial charge in [0.05, 0.1) is 5.69 Å². The second kappa shape index (κ2) is 6.59. The lowest BCUT2D eigenvalue weighted by atomic mass is 10.1. The van der Waals surface area contributed by atoms with Crippen LogP contribution in [0.5, 0.6) is 0 Å². The molecule has 19 heavy (non-hydrogen) atoms. The first-order chi connectivity index (χ1) is 8.95. The highest BCUT2D eigenvalue weighted by molar-refractivity contribution is 5.83. The number of rotatable bonds is 6. The molecule has 1 aromatic heterocycles. The maximum atomic E-state index is 11.7. The van der Waals surface area contributed by atoms with Gasteiger partial charge in [-0.05, 0) is 20.3 Å². The van der Waals surface area contributed by atoms with Gasteiger partial charge < -0.3 is 14.9 Å². The van der Waals surface area contributed by atoms with Crippen LogP contribution < -0.4 is 5.32 Å². The van der Waals surface area contributed by atoms with Crippen molar-refractivity contribution in [2.75, 3.05) is 0 Å². The van der Waals surface area contributed by atoms with E-state index in [2.05, 4.69) is 16.4 Å². The highest BCUT2D eigenvalue weighted by Gasteiger charge is 2.19. The second-order valence-electron chi connectivity index (χ2n) is 4.17. The first kappa shape index (κ1) is 14.8. The lowest BCUT2D eigenvalue weighted by molar-refractivity contribution is -0.141. The highest BCUT2D eigenvalue weighted by Crippen LogP contribution is 2.14. The molecular weight excluding hydrogens is 248 g/mol. The third-order valence-corrected chi connectivity index (χ3v) is 2.74. The Kier molecular flexibility index (Phi) is 5.12. The van der Waals surface area contributed by atoms with Crippen molar-refractivity contribution in [1.29, 1.82) is 0 Å². The fraction of sp³-hybridized carbons (Fsp3) is 0.462. The molecule has 0 aromatic carbocycles. The molecule has 1 amide bonds. The van der Waals surface area contributed by atoms with Crippen LogP contribution in [0.3, 0.4) is 0 Å². The summed E-state index contributed by atoms with van der Waals surface area (Å²) in [6.45, 7) is 3.56. The normalized spacial score (nSPS) is 11.6. The van der Waals surface area contributed by atoms with Gasteiger partial charge in [-0.3, -0.25) is 4.79 Å². The third-order valence-electron chi connectivity index (χ3n) is 2.74. The highest BCUT2D eigenvalue weighted by atomic mass is 16.5. The Labute approximate surface area is 111 Å². The van der Waals surface area contributed by atoms with Crippen molar-refractivity contribution in [2.45, 2.75) is 39.2 Å². The standard InChI is InChI=1S/C13H16N2O4/c1-4-5-11(13(17)18)14-12(16)7-6-10-8(2)15-19-9(10)3/h1,11H,5-7H2,2-3H3,(H,14,16)(H,17,18). The van der Waals surface area contributed by atoms with Crippen LogP contribution in [0.15, 0.2) is 4.52 Å². The van der Waals surface area contributed by atoms with E-state index in [4.69, 9.17) is 16.1 Å². The number of amides is 1. The molecule has 0 aliphatic carbocycles. The van der Waals surface area contributed by atoms with Crippen LogP contribution in [0.25, 0.3) is 0 Å². The number of nitrogens with zero attached hydrogens (tertiary/aromatic N) is 1. The van der Waals surface area contributed by atoms with Crippen molar-refractivity contribution in [3.63, 3.8) is 0 Å². The van der Waals surface area contributed by atoms with Crippen LogP contribution in [0.4, 0.5) is 0 Å². The van der Waals surface area contributed by atoms with Crippen LogP contribution in [0.1, 0.15) is 29.9 Å². The molecule has 0 spiro atoms. The molecule has 0 saturated carbocycles. The zero-order chi connectivity index (χ0) is 14.4. The average molecular weight is 264 g/mol. The lowest BCUT2D eigenvalue weighted by Gasteiger charge is -2.11. The van der Waals surface area contributed by atoms with Crippen LogP contribution in [0.2, 0.25) is 0 Å². The maximum absolute atomic E-state index is 11.7. The van der Waals surface area contributed by atoms with E-state index >= 15 is 0 Å². The number of aryl methyl sites for hydroxylation is 2. The van der Waals surface area contributed by atoms with Gasteiger partial charge in [0, 0.05) is 18.4 Å². The van der Waals surface area contributed by atoms with Crippen molar-refractivity contribution in [1.82, 2.24) is 10.5 Å². The fourth-order valence-electron chi connectivity index (χ4n) is 1.68. The van der Waals surface area contributed by atoms with Gasteiger partial charge in [-0.2, -0.15) is 0 Å². The van der Waals surface area contributed by atoms with Crippen molar-refractivity contribution in [3.8, 4) is 12.3 Å². The molecule has 0 saturated heterocycles. The summed E-state index contributed by atoms with van der Waals surface area (Å²) in [6, 6.07) is -1.04. The van der Waals surface area contributed by atoms with E-state index in [0.29, 0.717) is 12.2 Å². The van der Waals surface area contributed by atoms with E-state index in [-0.39, 0.29) is 18.7 Å². The van der Waals surface area contributed by atoms with Crippen molar-refractivity contribution in [2.24, 2.45) is 0 Å². The van der Waals surface area contributed by atoms with E-state index < -0.39 is 12.0 Å². The third kappa shape index (κ3) is 4.14. The molecular formula is C13H16N2O4. The fourth-order valence-corrected chi connectivity index (χ4v) is 1.68. The molecule has 102 valence electrons. The van der Waals surface area contributed by atoms with Gasteiger partial charge in [-0.25, -0.2) is 4.79 Å². The summed E-state index contributed by atoms with van der Waals surface area (Å²) in [7, 11) is 0. The van der Waals surface area contributed by atoms with Crippen LogP contribution in [0, 0.1) is 26.2 Å². The summed E-state index contributed by atoms with van der Waals surface area (Å²) < 4.78 is 4.98. The van der Waals surface area contributed by atoms with Crippen LogP contribution in [-0.2, 0) is 16.0 Å². The molecule has 2 N–H and O–H groups in total. The summed E-state index contributed by atoms with van der Waals surface area (Å²) in [5.74, 6) is 1.40. The number of terminal acetylenes is 1. The Hall–Kier alpha value is -2.29. The van der Waals surface area contributed by atoms with Crippen LogP contribution in [-0.4, -0.2) is 28.2 Å². The molecule has 1 heterocycles. The SMILES string of the molecule is C#CCC(NC(=O)CCc1c(C)noc1C)C(=O)O. The predicted molar refractivity (Wildman–Crippen MR) is 67.3 cm³/mol. The van der Waals surface area contributed by atoms with E-state index in [1.807, 2.05) is 0 Å². The van der Waals surface area contributed by atoms with Gasteiger partial charge in [-0.15, -0.1) is 12.3 Å². The second-order valence-corrected chi connectivity index (χ2v) is 4.17. The first-order valence-electron chi connectivity index (χ1n) is 5.83. The number of carbonyl (C=O) groups is 2. The van der Waals surface area contributed by atoms with Crippen molar-refractivity contribution >= 4 is 11.9 Å². The summed E-state index contributed by atoms with van der Waals surface area (Å²) in [5, 5.41) is 15.0. The number of aliphatic carboxylic acids is 1. The molecule has 0 fully saturated rings. The van der Waals surface area contributed by atoms with Gasteiger partial charge in [0.25, 0.3) is 0 Å². The molecule has 6 heteroatoms. The Morgan fingerprint density at radius 2 is 2.21 bits per heavy atom. The van der Waals surface area contributed by atoms with E-state index in [9.17, 15) is 9.59 Å². The number of hydrogen-bond donors (Lipinski definition) is 2. The Bertz CT molecular complexity index is 494. The molecule has 1 unspecified atom stereocenters. The van der Waals surface area contributed by atoms with Crippen LogP contribution >= 0.6 is 0 Å². The smallest absolute Gasteiger partial charge is 0.327 e. The van der Waals surface area contributed by atoms with Gasteiger partial charge in [0.15, 0.2) is 0 Å². The number of aromatic nitrogens is 1. The molecule has 1 rings (SSSR count). The molecule has 0 radical (unpaired) electrons. The zero-order valence-corrected chi connectivity index (χ0v) is 10.9. The number of nitrogens with one attached hydrogen (secondary N) is 1. The van der Waals surface area contributed by atoms with Crippen molar-refractivity contribution < 1.29 is 19.2 Å². The Morgan fingerprint density at radius 3 is 2.68 bits per heavy atom. The average Bonchev–Trinajstić information content (AvgIpc) is 2.66. The Balaban J connectivity index is 2.52. The number of carbonyl (C=O) groups excluding carboxylic acids is 1. The maximum Gasteiger partial charge on any atom is 0.327 e. The molecule has 6 nitrogen and oxygen atoms in total. The molecule has 1 aromatic rings. The molecule has 0 aliphatic heterocycles. The summed E-state index contributed by atoms with van der Waals surface area (Å²) >= 11 is 0. The molecule has 0 bridgehead atoms. The predicted octanol–water partition coefficient (Wildman–Crippen LogP) is 0.817. The Morgan fingerprint density at radius 1 is 1.53 bits per heavy atom. The summed E-state index contributed by atoms with van der Waals surface area (Å²) in [5.41, 5.74) is 1.61. The van der Waals surface area contributed by atoms with Gasteiger partial charge in [-0.1, -0.05) is 5.16 Å². The monoisotopic (exact) mass is 264 g/mol. The largest absolute Gasteiger partial charge is 0.480 e. The minimum atomic E-state index is -1.14. The number of carboxylic acids is 1. The molecule has 1 atom stereocenters. The van der Waals surface area contributed by atoms with E-state index in [1.54, 1.807) is 13.8 Å². The van der Waals surface area contributed by atoms with E-state index in [0.717, 1.165) is 11.3 Å². The quantitative estimate of drug-likeness (QED) is 0.742.